The van der Waals surface area contributed by atoms with Crippen molar-refractivity contribution in [3.05, 3.63) is 53.5 Å². The van der Waals surface area contributed by atoms with E-state index in [9.17, 15) is 9.90 Å². The molecule has 3 aromatic rings. The minimum atomic E-state index is -0.581. The van der Waals surface area contributed by atoms with Gasteiger partial charge in [0, 0.05) is 30.7 Å². The number of hydrogen-bond donors (Lipinski definition) is 1. The molecule has 0 bridgehead atoms. The number of carbonyl (C=O) groups is 1. The van der Waals surface area contributed by atoms with Gasteiger partial charge >= 0.3 is 0 Å². The Morgan fingerprint density at radius 1 is 1.27 bits per heavy atom. The molecule has 1 unspecified atom stereocenters. The third kappa shape index (κ3) is 3.01. The van der Waals surface area contributed by atoms with Crippen LogP contribution in [0.1, 0.15) is 36.5 Å². The lowest BCUT2D eigenvalue weighted by atomic mass is 10.2. The zero-order valence-corrected chi connectivity index (χ0v) is 15.2. The molecule has 3 heterocycles. The first-order chi connectivity index (χ1) is 12.5. The van der Waals surface area contributed by atoms with Crippen molar-refractivity contribution < 1.29 is 9.90 Å². The number of amides is 1. The first-order valence-electron chi connectivity index (χ1n) is 9.10. The highest BCUT2D eigenvalue weighted by Crippen LogP contribution is 2.21. The van der Waals surface area contributed by atoms with Crippen LogP contribution in [-0.4, -0.2) is 36.8 Å². The van der Waals surface area contributed by atoms with Crippen LogP contribution in [0.5, 0.6) is 0 Å². The van der Waals surface area contributed by atoms with E-state index in [2.05, 4.69) is 34.8 Å². The van der Waals surface area contributed by atoms with Crippen LogP contribution in [0.2, 0.25) is 0 Å². The van der Waals surface area contributed by atoms with Gasteiger partial charge in [0.2, 0.25) is 5.91 Å². The number of hydrogen-bond acceptors (Lipinski definition) is 3. The van der Waals surface area contributed by atoms with Crippen molar-refractivity contribution in [3.63, 3.8) is 0 Å². The Morgan fingerprint density at radius 3 is 2.88 bits per heavy atom. The summed E-state index contributed by atoms with van der Waals surface area (Å²) in [6.07, 6.45) is -0.0982. The number of nitrogens with zero attached hydrogens (tertiary/aromatic N) is 4. The lowest BCUT2D eigenvalue weighted by Gasteiger charge is -2.28. The quantitative estimate of drug-likeness (QED) is 0.785. The number of rotatable bonds is 4. The van der Waals surface area contributed by atoms with Crippen molar-refractivity contribution in [1.82, 2.24) is 19.2 Å². The van der Waals surface area contributed by atoms with Crippen molar-refractivity contribution >= 4 is 16.8 Å². The first-order valence-corrected chi connectivity index (χ1v) is 9.10. The monoisotopic (exact) mass is 352 g/mol. The van der Waals surface area contributed by atoms with E-state index in [1.54, 1.807) is 6.92 Å². The minimum absolute atomic E-state index is 0.160. The van der Waals surface area contributed by atoms with Gasteiger partial charge < -0.3 is 14.6 Å². The van der Waals surface area contributed by atoms with Crippen LogP contribution < -0.4 is 0 Å². The fraction of sp³-hybridized carbons (Fsp3) is 0.400. The fourth-order valence-electron chi connectivity index (χ4n) is 3.72. The Bertz CT molecular complexity index is 954. The third-order valence-corrected chi connectivity index (χ3v) is 5.16. The number of benzene rings is 1. The maximum Gasteiger partial charge on any atom is 0.224 e. The number of para-hydroxylation sites is 1. The summed E-state index contributed by atoms with van der Waals surface area (Å²) >= 11 is 0. The lowest BCUT2D eigenvalue weighted by molar-refractivity contribution is -0.132. The van der Waals surface area contributed by atoms with Crippen LogP contribution >= 0.6 is 0 Å². The summed E-state index contributed by atoms with van der Waals surface area (Å²) in [5, 5.41) is 15.3. The molecule has 0 aliphatic carbocycles. The van der Waals surface area contributed by atoms with Crippen LogP contribution in [0.25, 0.3) is 10.9 Å². The van der Waals surface area contributed by atoms with Crippen LogP contribution in [-0.2, 0) is 24.4 Å². The Morgan fingerprint density at radius 2 is 2.08 bits per heavy atom. The summed E-state index contributed by atoms with van der Waals surface area (Å²) < 4.78 is 4.11. The van der Waals surface area contributed by atoms with Gasteiger partial charge in [-0.1, -0.05) is 18.2 Å². The molecular weight excluding hydrogens is 328 g/mol. The van der Waals surface area contributed by atoms with Gasteiger partial charge in [0.25, 0.3) is 0 Å². The molecule has 2 aromatic heterocycles. The van der Waals surface area contributed by atoms with Gasteiger partial charge in [-0.05, 0) is 37.4 Å². The number of carbonyl (C=O) groups excluding carboxylic acids is 1. The molecule has 1 amide bonds. The van der Waals surface area contributed by atoms with E-state index >= 15 is 0 Å². The molecule has 0 saturated heterocycles. The third-order valence-electron chi connectivity index (χ3n) is 5.16. The van der Waals surface area contributed by atoms with Crippen molar-refractivity contribution in [2.45, 2.75) is 46.0 Å². The summed E-state index contributed by atoms with van der Waals surface area (Å²) in [5.41, 5.74) is 4.01. The van der Waals surface area contributed by atoms with Gasteiger partial charge in [-0.2, -0.15) is 5.10 Å². The highest BCUT2D eigenvalue weighted by atomic mass is 16.3. The van der Waals surface area contributed by atoms with Crippen molar-refractivity contribution in [2.24, 2.45) is 0 Å². The van der Waals surface area contributed by atoms with Gasteiger partial charge in [0.15, 0.2) is 0 Å². The molecule has 4 rings (SSSR count). The first kappa shape index (κ1) is 16.8. The van der Waals surface area contributed by atoms with Crippen molar-refractivity contribution in [2.75, 3.05) is 6.54 Å². The van der Waals surface area contributed by atoms with Crippen LogP contribution in [0.3, 0.4) is 0 Å². The molecule has 0 radical (unpaired) electrons. The summed E-state index contributed by atoms with van der Waals surface area (Å²) in [6.45, 7) is 6.39. The average Bonchev–Trinajstić information content (AvgIpc) is 3.19. The number of fused-ring (bicyclic) bond motifs is 2. The molecule has 26 heavy (non-hydrogen) atoms. The normalized spacial score (nSPS) is 15.3. The Hall–Kier alpha value is -2.60. The lowest BCUT2D eigenvalue weighted by Crippen LogP contribution is -2.38. The maximum absolute atomic E-state index is 12.7. The van der Waals surface area contributed by atoms with E-state index in [0.717, 1.165) is 5.69 Å². The standard InChI is InChI=1S/C20H24N4O2/c1-14-11-16-5-3-4-6-19(16)23(14)8-7-20(26)22-9-10-24-17(13-22)12-18(21-24)15(2)25/h3-6,11-12,15,25H,7-10,13H2,1-2H3. The molecule has 136 valence electrons. The van der Waals surface area contributed by atoms with E-state index in [-0.39, 0.29) is 5.91 Å². The predicted octanol–water partition coefficient (Wildman–Crippen LogP) is 2.63. The zero-order chi connectivity index (χ0) is 18.3. The maximum atomic E-state index is 12.7. The van der Waals surface area contributed by atoms with Gasteiger partial charge in [-0.3, -0.25) is 9.48 Å². The van der Waals surface area contributed by atoms with Gasteiger partial charge in [-0.15, -0.1) is 0 Å². The second-order valence-electron chi connectivity index (χ2n) is 7.02. The molecule has 1 atom stereocenters. The summed E-state index contributed by atoms with van der Waals surface area (Å²) in [5.74, 6) is 0.160. The van der Waals surface area contributed by atoms with Gasteiger partial charge in [0.1, 0.15) is 0 Å². The smallest absolute Gasteiger partial charge is 0.224 e. The Balaban J connectivity index is 1.44. The topological polar surface area (TPSA) is 63.3 Å². The summed E-state index contributed by atoms with van der Waals surface area (Å²) in [4.78, 5) is 14.6. The number of aliphatic hydroxyl groups excluding tert-OH is 1. The van der Waals surface area contributed by atoms with Crippen LogP contribution in [0.4, 0.5) is 0 Å². The SMILES string of the molecule is Cc1cc2ccccc2n1CCC(=O)N1CCn2nc(C(C)O)cc2C1. The van der Waals surface area contributed by atoms with E-state index in [0.29, 0.717) is 38.3 Å². The molecule has 6 heteroatoms. The van der Waals surface area contributed by atoms with E-state index < -0.39 is 6.10 Å². The second kappa shape index (κ2) is 6.61. The second-order valence-corrected chi connectivity index (χ2v) is 7.02. The van der Waals surface area contributed by atoms with Crippen molar-refractivity contribution in [1.29, 1.82) is 0 Å². The largest absolute Gasteiger partial charge is 0.387 e. The predicted molar refractivity (Wildman–Crippen MR) is 99.6 cm³/mol. The summed E-state index contributed by atoms with van der Waals surface area (Å²) in [7, 11) is 0. The number of aromatic nitrogens is 3. The highest BCUT2D eigenvalue weighted by Gasteiger charge is 2.23. The molecule has 1 aliphatic heterocycles. The highest BCUT2D eigenvalue weighted by molar-refractivity contribution is 5.81. The zero-order valence-electron chi connectivity index (χ0n) is 15.2. The van der Waals surface area contributed by atoms with E-state index in [4.69, 9.17) is 0 Å². The molecule has 1 aliphatic rings. The fourth-order valence-corrected chi connectivity index (χ4v) is 3.72. The molecule has 0 spiro atoms. The van der Waals surface area contributed by atoms with E-state index in [1.165, 1.54) is 16.6 Å². The summed E-state index contributed by atoms with van der Waals surface area (Å²) in [6, 6.07) is 12.3. The van der Waals surface area contributed by atoms with E-state index in [1.807, 2.05) is 27.8 Å². The average molecular weight is 352 g/mol. The number of aryl methyl sites for hydroxylation is 2. The molecule has 0 saturated carbocycles. The molecule has 1 N–H and O–H groups in total. The minimum Gasteiger partial charge on any atom is -0.387 e. The Labute approximate surface area is 152 Å². The molecule has 0 fully saturated rings. The molecule has 1 aromatic carbocycles. The molecule has 6 nitrogen and oxygen atoms in total. The van der Waals surface area contributed by atoms with Gasteiger partial charge in [-0.25, -0.2) is 0 Å². The van der Waals surface area contributed by atoms with Crippen LogP contribution in [0.15, 0.2) is 36.4 Å². The Kier molecular flexibility index (Phi) is 4.28. The van der Waals surface area contributed by atoms with Crippen molar-refractivity contribution in [3.8, 4) is 0 Å². The van der Waals surface area contributed by atoms with Gasteiger partial charge in [0.05, 0.1) is 30.6 Å². The number of aliphatic hydroxyl groups is 1. The molecular formula is C20H24N4O2. The van der Waals surface area contributed by atoms with Crippen LogP contribution in [0, 0.1) is 6.92 Å².